The highest BCUT2D eigenvalue weighted by Crippen LogP contribution is 2.34. The molecule has 3 aromatic rings. The summed E-state index contributed by atoms with van der Waals surface area (Å²) in [5.41, 5.74) is 2.56. The van der Waals surface area contributed by atoms with Crippen LogP contribution in [0, 0.1) is 0 Å². The van der Waals surface area contributed by atoms with Crippen LogP contribution in [0.2, 0.25) is 0 Å². The fourth-order valence-corrected chi connectivity index (χ4v) is 4.30. The zero-order chi connectivity index (χ0) is 20.3. The van der Waals surface area contributed by atoms with Crippen LogP contribution in [0.5, 0.6) is 0 Å². The first-order chi connectivity index (χ1) is 14.8. The number of rotatable bonds is 4. The van der Waals surface area contributed by atoms with Gasteiger partial charge in [-0.25, -0.2) is 0 Å². The molecular formula is C22H25N5O3. The van der Waals surface area contributed by atoms with Gasteiger partial charge in [0.1, 0.15) is 5.56 Å². The molecule has 5 rings (SSSR count). The molecule has 30 heavy (non-hydrogen) atoms. The van der Waals surface area contributed by atoms with Gasteiger partial charge in [-0.2, -0.15) is 5.10 Å². The van der Waals surface area contributed by atoms with Gasteiger partial charge in [0.2, 0.25) is 0 Å². The van der Waals surface area contributed by atoms with Gasteiger partial charge < -0.3 is 19.1 Å². The van der Waals surface area contributed by atoms with Crippen LogP contribution < -0.4 is 4.90 Å². The highest BCUT2D eigenvalue weighted by Gasteiger charge is 2.33. The summed E-state index contributed by atoms with van der Waals surface area (Å²) >= 11 is 0. The molecule has 2 aliphatic heterocycles. The molecule has 0 radical (unpaired) electrons. The minimum atomic E-state index is -0.0142. The number of amides is 1. The number of hydrogen-bond donors (Lipinski definition) is 1. The SMILES string of the molecule is O=C(c1c(N2CCOCC2)noc1-c1ccccc1)N1CCC(c2ccn[nH]2)CC1. The van der Waals surface area contributed by atoms with E-state index in [0.717, 1.165) is 24.1 Å². The molecule has 4 heterocycles. The third-order valence-electron chi connectivity index (χ3n) is 5.98. The van der Waals surface area contributed by atoms with Gasteiger partial charge in [-0.05, 0) is 18.9 Å². The number of aromatic nitrogens is 3. The van der Waals surface area contributed by atoms with Gasteiger partial charge in [-0.15, -0.1) is 0 Å². The van der Waals surface area contributed by atoms with Crippen LogP contribution in [-0.4, -0.2) is 65.6 Å². The lowest BCUT2D eigenvalue weighted by Gasteiger charge is -2.32. The Hall–Kier alpha value is -3.13. The Kier molecular flexibility index (Phi) is 5.23. The molecule has 0 atom stereocenters. The number of benzene rings is 1. The number of carbonyl (C=O) groups excluding carboxylic acids is 1. The Morgan fingerprint density at radius 2 is 1.80 bits per heavy atom. The van der Waals surface area contributed by atoms with E-state index in [1.54, 1.807) is 6.20 Å². The normalized spacial score (nSPS) is 18.0. The number of aromatic amines is 1. The molecule has 0 unspecified atom stereocenters. The third-order valence-corrected chi connectivity index (χ3v) is 5.98. The van der Waals surface area contributed by atoms with Crippen molar-refractivity contribution in [1.29, 1.82) is 0 Å². The second-order valence-electron chi connectivity index (χ2n) is 7.75. The Balaban J connectivity index is 1.43. The maximum absolute atomic E-state index is 13.7. The van der Waals surface area contributed by atoms with E-state index in [-0.39, 0.29) is 5.91 Å². The van der Waals surface area contributed by atoms with Crippen LogP contribution in [0.3, 0.4) is 0 Å². The van der Waals surface area contributed by atoms with Gasteiger partial charge in [-0.3, -0.25) is 9.89 Å². The van der Waals surface area contributed by atoms with E-state index in [0.29, 0.717) is 62.5 Å². The molecule has 1 N–H and O–H groups in total. The Morgan fingerprint density at radius 1 is 1.03 bits per heavy atom. The quantitative estimate of drug-likeness (QED) is 0.716. The van der Waals surface area contributed by atoms with Crippen LogP contribution in [0.4, 0.5) is 5.82 Å². The second kappa shape index (κ2) is 8.31. The highest BCUT2D eigenvalue weighted by molar-refractivity contribution is 6.04. The van der Waals surface area contributed by atoms with E-state index in [1.807, 2.05) is 41.3 Å². The zero-order valence-corrected chi connectivity index (χ0v) is 16.8. The summed E-state index contributed by atoms with van der Waals surface area (Å²) in [5.74, 6) is 1.56. The van der Waals surface area contributed by atoms with Gasteiger partial charge in [-0.1, -0.05) is 35.5 Å². The minimum Gasteiger partial charge on any atom is -0.378 e. The first kappa shape index (κ1) is 18.9. The summed E-state index contributed by atoms with van der Waals surface area (Å²) in [6, 6.07) is 11.7. The number of ether oxygens (including phenoxy) is 1. The lowest BCUT2D eigenvalue weighted by atomic mass is 9.93. The summed E-state index contributed by atoms with van der Waals surface area (Å²) in [6.45, 7) is 4.04. The van der Waals surface area contributed by atoms with Gasteiger partial charge in [0.05, 0.1) is 13.2 Å². The molecule has 1 amide bonds. The first-order valence-electron chi connectivity index (χ1n) is 10.5. The molecule has 2 aromatic heterocycles. The summed E-state index contributed by atoms with van der Waals surface area (Å²) in [4.78, 5) is 17.7. The number of piperidine rings is 1. The molecule has 0 aliphatic carbocycles. The molecule has 2 saturated heterocycles. The van der Waals surface area contributed by atoms with Gasteiger partial charge in [0, 0.05) is 49.6 Å². The Bertz CT molecular complexity index is 972. The van der Waals surface area contributed by atoms with Gasteiger partial charge in [0.15, 0.2) is 11.6 Å². The molecule has 8 heteroatoms. The number of morpholine rings is 1. The second-order valence-corrected chi connectivity index (χ2v) is 7.75. The van der Waals surface area contributed by atoms with Crippen LogP contribution in [0.15, 0.2) is 47.1 Å². The zero-order valence-electron chi connectivity index (χ0n) is 16.8. The average Bonchev–Trinajstić information content (AvgIpc) is 3.50. The van der Waals surface area contributed by atoms with Crippen molar-refractivity contribution in [3.8, 4) is 11.3 Å². The van der Waals surface area contributed by atoms with Gasteiger partial charge >= 0.3 is 0 Å². The van der Waals surface area contributed by atoms with Crippen molar-refractivity contribution in [2.24, 2.45) is 0 Å². The molecule has 0 saturated carbocycles. The summed E-state index contributed by atoms with van der Waals surface area (Å²) in [6.07, 6.45) is 3.60. The number of likely N-dealkylation sites (tertiary alicyclic amines) is 1. The summed E-state index contributed by atoms with van der Waals surface area (Å²) in [7, 11) is 0. The molecule has 2 fully saturated rings. The molecule has 0 spiro atoms. The van der Waals surface area contributed by atoms with Crippen molar-refractivity contribution in [3.05, 3.63) is 53.9 Å². The number of carbonyl (C=O) groups is 1. The predicted molar refractivity (Wildman–Crippen MR) is 111 cm³/mol. The van der Waals surface area contributed by atoms with Crippen molar-refractivity contribution >= 4 is 11.7 Å². The molecular weight excluding hydrogens is 382 g/mol. The molecule has 0 bridgehead atoms. The topological polar surface area (TPSA) is 87.5 Å². The Morgan fingerprint density at radius 3 is 2.50 bits per heavy atom. The number of nitrogens with zero attached hydrogens (tertiary/aromatic N) is 4. The fraction of sp³-hybridized carbons (Fsp3) is 0.409. The van der Waals surface area contributed by atoms with E-state index in [9.17, 15) is 4.79 Å². The van der Waals surface area contributed by atoms with Crippen molar-refractivity contribution in [1.82, 2.24) is 20.3 Å². The van der Waals surface area contributed by atoms with Crippen molar-refractivity contribution < 1.29 is 14.1 Å². The molecule has 156 valence electrons. The first-order valence-corrected chi connectivity index (χ1v) is 10.5. The predicted octanol–water partition coefficient (Wildman–Crippen LogP) is 2.92. The van der Waals surface area contributed by atoms with E-state index in [1.165, 1.54) is 0 Å². The number of anilines is 1. The van der Waals surface area contributed by atoms with Crippen molar-refractivity contribution in [2.75, 3.05) is 44.3 Å². The van der Waals surface area contributed by atoms with E-state index >= 15 is 0 Å². The smallest absolute Gasteiger partial charge is 0.261 e. The van der Waals surface area contributed by atoms with Crippen LogP contribution in [-0.2, 0) is 4.74 Å². The number of nitrogens with one attached hydrogen (secondary N) is 1. The van der Waals surface area contributed by atoms with Crippen molar-refractivity contribution in [2.45, 2.75) is 18.8 Å². The molecule has 1 aromatic carbocycles. The monoisotopic (exact) mass is 407 g/mol. The van der Waals surface area contributed by atoms with Crippen LogP contribution in [0.1, 0.15) is 34.8 Å². The van der Waals surface area contributed by atoms with E-state index in [4.69, 9.17) is 9.26 Å². The lowest BCUT2D eigenvalue weighted by Crippen LogP contribution is -2.40. The van der Waals surface area contributed by atoms with E-state index in [2.05, 4.69) is 20.3 Å². The molecule has 8 nitrogen and oxygen atoms in total. The molecule has 2 aliphatic rings. The summed E-state index contributed by atoms with van der Waals surface area (Å²) < 4.78 is 11.2. The number of hydrogen-bond acceptors (Lipinski definition) is 6. The van der Waals surface area contributed by atoms with Crippen LogP contribution >= 0.6 is 0 Å². The maximum atomic E-state index is 13.7. The van der Waals surface area contributed by atoms with Crippen molar-refractivity contribution in [3.63, 3.8) is 0 Å². The summed E-state index contributed by atoms with van der Waals surface area (Å²) in [5, 5.41) is 11.4. The lowest BCUT2D eigenvalue weighted by molar-refractivity contribution is 0.0712. The Labute approximate surface area is 174 Å². The maximum Gasteiger partial charge on any atom is 0.261 e. The average molecular weight is 407 g/mol. The number of H-pyrrole nitrogens is 1. The van der Waals surface area contributed by atoms with E-state index < -0.39 is 0 Å². The van der Waals surface area contributed by atoms with Crippen LogP contribution in [0.25, 0.3) is 11.3 Å². The highest BCUT2D eigenvalue weighted by atomic mass is 16.5. The standard InChI is InChI=1S/C22H25N5O3/c28-22(27-10-7-16(8-11-27)18-6-9-23-24-18)19-20(17-4-2-1-3-5-17)30-25-21(19)26-12-14-29-15-13-26/h1-6,9,16H,7-8,10-15H2,(H,23,24). The van der Waals surface area contributed by atoms with Gasteiger partial charge in [0.25, 0.3) is 5.91 Å². The fourth-order valence-electron chi connectivity index (χ4n) is 4.30. The minimum absolute atomic E-state index is 0.0142. The largest absolute Gasteiger partial charge is 0.378 e. The third kappa shape index (κ3) is 3.59.